The lowest BCUT2D eigenvalue weighted by atomic mass is 9.79. The van der Waals surface area contributed by atoms with Gasteiger partial charge in [-0.2, -0.15) is 15.0 Å². The molecule has 0 radical (unpaired) electrons. The minimum Gasteiger partial charge on any atom is -0.399 e. The zero-order valence-electron chi connectivity index (χ0n) is 53.8. The number of para-hydroxylation sites is 9. The van der Waals surface area contributed by atoms with Crippen molar-refractivity contribution >= 4 is 68.9 Å². The normalized spacial score (nSPS) is 13.1. The molecule has 0 aliphatic carbocycles. The number of imidazole rings is 3. The summed E-state index contributed by atoms with van der Waals surface area (Å²) in [6.07, 6.45) is 0. The molecule has 474 valence electrons. The molecule has 14 nitrogen and oxygen atoms in total. The molecular weight excluding hydrogens is 1250 g/mol. The van der Waals surface area contributed by atoms with Gasteiger partial charge in [0.2, 0.25) is 10.6 Å². The number of benzene rings is 11. The van der Waals surface area contributed by atoms with Crippen molar-refractivity contribution in [2.75, 3.05) is 0 Å². The van der Waals surface area contributed by atoms with E-state index in [0.717, 1.165) is 112 Å². The van der Waals surface area contributed by atoms with Gasteiger partial charge in [0.25, 0.3) is 0 Å². The van der Waals surface area contributed by atoms with Gasteiger partial charge in [0.1, 0.15) is 17.5 Å². The lowest BCUT2D eigenvalue weighted by Gasteiger charge is -2.32. The summed E-state index contributed by atoms with van der Waals surface area (Å²) >= 11 is 11.3. The van der Waals surface area contributed by atoms with Crippen LogP contribution in [0.3, 0.4) is 0 Å². The Kier molecular flexibility index (Phi) is 17.2. The second-order valence-electron chi connectivity index (χ2n) is 24.4. The predicted molar refractivity (Wildman–Crippen MR) is 394 cm³/mol. The molecular formula is C81H61BCl2N12O2. The van der Waals surface area contributed by atoms with Gasteiger partial charge >= 0.3 is 7.12 Å². The highest BCUT2D eigenvalue weighted by Crippen LogP contribution is 2.38. The van der Waals surface area contributed by atoms with E-state index < -0.39 is 0 Å². The molecule has 0 N–H and O–H groups in total. The van der Waals surface area contributed by atoms with Crippen molar-refractivity contribution in [3.05, 3.63) is 308 Å². The third-order valence-electron chi connectivity index (χ3n) is 17.5. The van der Waals surface area contributed by atoms with Crippen molar-refractivity contribution in [3.63, 3.8) is 0 Å². The van der Waals surface area contributed by atoms with E-state index in [1.54, 1.807) is 0 Å². The quantitative estimate of drug-likeness (QED) is 0.114. The topological polar surface area (TPSA) is 149 Å². The van der Waals surface area contributed by atoms with E-state index in [0.29, 0.717) is 23.3 Å². The molecule has 17 heteroatoms. The highest BCUT2D eigenvalue weighted by Gasteiger charge is 2.51. The Morgan fingerprint density at radius 2 is 0.520 bits per heavy atom. The van der Waals surface area contributed by atoms with Gasteiger partial charge in [-0.05, 0) is 129 Å². The van der Waals surface area contributed by atoms with Gasteiger partial charge in [-0.1, -0.05) is 224 Å². The third kappa shape index (κ3) is 12.8. The van der Waals surface area contributed by atoms with Gasteiger partial charge in [0.15, 0.2) is 23.3 Å². The molecule has 0 atom stereocenters. The highest BCUT2D eigenvalue weighted by atomic mass is 35.5. The SMILES string of the molecule is CC1(C)OB(c2ccc(-c3nc4ccccc4n3-c3ccccc3)cc2)OC1(C)C.Clc1nc(Cl)nc(-c2ccccc2)n1.c1ccc(-c2nc(-c3ccc(-c4nc5ccccc5n4-c4ccccc4)cc3)nc(-c3ccc(-c4nc5ccccc5n4-c4ccccc4)cc3)n2)cc1. The molecule has 0 bridgehead atoms. The molecule has 6 heterocycles. The Balaban J connectivity index is 0.000000148. The van der Waals surface area contributed by atoms with E-state index in [1.807, 2.05) is 109 Å². The number of aromatic nitrogens is 12. The van der Waals surface area contributed by atoms with Crippen molar-refractivity contribution in [2.45, 2.75) is 38.9 Å². The number of fused-ring (bicyclic) bond motifs is 3. The number of hydrogen-bond donors (Lipinski definition) is 0. The first-order valence-corrected chi connectivity index (χ1v) is 32.8. The van der Waals surface area contributed by atoms with E-state index in [1.165, 1.54) is 0 Å². The molecule has 1 aliphatic heterocycles. The summed E-state index contributed by atoms with van der Waals surface area (Å²) in [5.41, 5.74) is 16.2. The van der Waals surface area contributed by atoms with Crippen LogP contribution < -0.4 is 5.46 Å². The summed E-state index contributed by atoms with van der Waals surface area (Å²) in [7, 11) is -0.364. The zero-order chi connectivity index (χ0) is 66.7. The Morgan fingerprint density at radius 3 is 0.847 bits per heavy atom. The molecule has 0 spiro atoms. The van der Waals surface area contributed by atoms with Crippen LogP contribution >= 0.6 is 23.2 Å². The van der Waals surface area contributed by atoms with Crippen LogP contribution in [0.5, 0.6) is 0 Å². The number of rotatable bonds is 11. The molecule has 11 aromatic carbocycles. The van der Waals surface area contributed by atoms with Gasteiger partial charge in [-0.15, -0.1) is 0 Å². The Labute approximate surface area is 576 Å². The van der Waals surface area contributed by atoms with Crippen molar-refractivity contribution in [1.82, 2.24) is 58.6 Å². The summed E-state index contributed by atoms with van der Waals surface area (Å²) < 4.78 is 19.0. The molecule has 0 saturated carbocycles. The predicted octanol–water partition coefficient (Wildman–Crippen LogP) is 18.7. The summed E-state index contributed by atoms with van der Waals surface area (Å²) in [6.45, 7) is 8.29. The third-order valence-corrected chi connectivity index (χ3v) is 17.8. The fraction of sp³-hybridized carbons (Fsp3) is 0.0741. The van der Waals surface area contributed by atoms with Gasteiger partial charge in [0.05, 0.1) is 44.3 Å². The second kappa shape index (κ2) is 26.9. The van der Waals surface area contributed by atoms with Gasteiger partial charge in [0, 0.05) is 56.0 Å². The van der Waals surface area contributed by atoms with E-state index in [9.17, 15) is 0 Å². The molecule has 16 aromatic rings. The maximum absolute atomic E-state index is 6.19. The fourth-order valence-corrected chi connectivity index (χ4v) is 12.2. The zero-order valence-corrected chi connectivity index (χ0v) is 55.3. The van der Waals surface area contributed by atoms with Crippen molar-refractivity contribution in [3.8, 4) is 96.8 Å². The molecule has 98 heavy (non-hydrogen) atoms. The molecule has 5 aromatic heterocycles. The summed E-state index contributed by atoms with van der Waals surface area (Å²) in [5, 5.41) is 0.202. The average Bonchev–Trinajstić information content (AvgIpc) is 1.68. The highest BCUT2D eigenvalue weighted by molar-refractivity contribution is 6.62. The van der Waals surface area contributed by atoms with E-state index in [-0.39, 0.29) is 28.9 Å². The molecule has 1 saturated heterocycles. The molecule has 1 fully saturated rings. The minimum absolute atomic E-state index is 0.101. The first kappa shape index (κ1) is 62.5. The van der Waals surface area contributed by atoms with Crippen LogP contribution in [0.15, 0.2) is 297 Å². The van der Waals surface area contributed by atoms with Crippen LogP contribution in [0.2, 0.25) is 10.6 Å². The summed E-state index contributed by atoms with van der Waals surface area (Å²) in [5.74, 6) is 4.94. The maximum atomic E-state index is 6.19. The smallest absolute Gasteiger partial charge is 0.399 e. The molecule has 1 aliphatic rings. The molecule has 0 unspecified atom stereocenters. The second-order valence-corrected chi connectivity index (χ2v) is 25.1. The van der Waals surface area contributed by atoms with Crippen molar-refractivity contribution in [2.24, 2.45) is 0 Å². The Hall–Kier alpha value is -11.6. The molecule has 0 amide bonds. The van der Waals surface area contributed by atoms with Gasteiger partial charge in [-0.25, -0.2) is 29.9 Å². The van der Waals surface area contributed by atoms with E-state index >= 15 is 0 Å². The van der Waals surface area contributed by atoms with Crippen LogP contribution in [-0.4, -0.2) is 76.9 Å². The average molecular weight is 1320 g/mol. The lowest BCUT2D eigenvalue weighted by Crippen LogP contribution is -2.41. The first-order valence-electron chi connectivity index (χ1n) is 32.1. The Bertz CT molecular complexity index is 5260. The monoisotopic (exact) mass is 1310 g/mol. The van der Waals surface area contributed by atoms with E-state index in [2.05, 4.69) is 244 Å². The standard InChI is InChI=1S/C47H31N7.C25H25BN2O2.C9H5Cl2N3/c1-4-14-32(15-5-1)43-50-44(33-24-28-35(29-25-33)46-48-39-20-10-12-22-41(39)53(46)37-16-6-2-7-17-37)52-45(51-43)34-26-30-36(31-27-34)47-49-40-21-11-13-23-42(40)54(47)38-18-8-3-9-19-38;1-24(2)25(3,4)30-26(29-24)19-16-14-18(15-17-19)23-27-21-12-8-9-13-22(21)28(23)20-10-6-5-7-11-20;10-8-12-7(13-9(11)14-8)6-4-2-1-3-5-6/h1-31H;5-17H,1-4H3;1-5H. The van der Waals surface area contributed by atoms with Crippen molar-refractivity contribution in [1.29, 1.82) is 0 Å². The minimum atomic E-state index is -0.364. The van der Waals surface area contributed by atoms with E-state index in [4.69, 9.17) is 62.4 Å². The number of hydrogen-bond acceptors (Lipinski definition) is 11. The fourth-order valence-electron chi connectivity index (χ4n) is 11.9. The first-order chi connectivity index (χ1) is 47.9. The van der Waals surface area contributed by atoms with Crippen LogP contribution in [0.4, 0.5) is 0 Å². The number of nitrogens with zero attached hydrogens (tertiary/aromatic N) is 12. The molecule has 17 rings (SSSR count). The van der Waals surface area contributed by atoms with Crippen LogP contribution in [0.25, 0.3) is 130 Å². The van der Waals surface area contributed by atoms with Crippen LogP contribution in [0.1, 0.15) is 27.7 Å². The lowest BCUT2D eigenvalue weighted by molar-refractivity contribution is 0.00578. The Morgan fingerprint density at radius 1 is 0.265 bits per heavy atom. The van der Waals surface area contributed by atoms with Crippen LogP contribution in [0, 0.1) is 0 Å². The summed E-state index contributed by atoms with van der Waals surface area (Å²) in [4.78, 5) is 41.6. The van der Waals surface area contributed by atoms with Gasteiger partial charge in [-0.3, -0.25) is 13.7 Å². The van der Waals surface area contributed by atoms with Gasteiger partial charge < -0.3 is 9.31 Å². The maximum Gasteiger partial charge on any atom is 0.494 e. The van der Waals surface area contributed by atoms with Crippen LogP contribution in [-0.2, 0) is 9.31 Å². The largest absolute Gasteiger partial charge is 0.494 e. The summed E-state index contributed by atoms with van der Waals surface area (Å²) in [6, 6.07) is 100. The number of halogens is 2. The van der Waals surface area contributed by atoms with Crippen molar-refractivity contribution < 1.29 is 9.31 Å².